The third-order valence-corrected chi connectivity index (χ3v) is 5.29. The van der Waals surface area contributed by atoms with Gasteiger partial charge in [0, 0.05) is 19.3 Å². The van der Waals surface area contributed by atoms with E-state index in [0.717, 1.165) is 12.1 Å². The van der Waals surface area contributed by atoms with Crippen molar-refractivity contribution in [3.8, 4) is 6.07 Å². The van der Waals surface area contributed by atoms with E-state index < -0.39 is 23.7 Å². The maximum absolute atomic E-state index is 13.0. The number of ether oxygens (including phenoxy) is 1. The predicted octanol–water partition coefficient (Wildman–Crippen LogP) is 3.11. The number of alkyl halides is 3. The van der Waals surface area contributed by atoms with Gasteiger partial charge in [-0.2, -0.15) is 23.4 Å². The molecule has 0 saturated carbocycles. The Morgan fingerprint density at radius 1 is 1.32 bits per heavy atom. The van der Waals surface area contributed by atoms with Crippen molar-refractivity contribution in [2.24, 2.45) is 0 Å². The largest absolute Gasteiger partial charge is 0.416 e. The molecule has 1 aromatic carbocycles. The first kappa shape index (κ1) is 27.2. The third-order valence-electron chi connectivity index (χ3n) is 4.61. The highest BCUT2D eigenvalue weighted by Crippen LogP contribution is 2.31. The summed E-state index contributed by atoms with van der Waals surface area (Å²) < 4.78 is 44.1. The van der Waals surface area contributed by atoms with Crippen LogP contribution in [0.15, 0.2) is 29.3 Å². The number of nitrogens with zero attached hydrogens (tertiary/aromatic N) is 3. The SMILES string of the molecule is COCCNCCC[C@H](Nc1nc(N)nc(SC)c1C#N)C(=O)Nc1cccc(C(F)(F)F)c1. The second-order valence-electron chi connectivity index (χ2n) is 7.08. The number of nitrogen functional groups attached to an aromatic ring is 1. The summed E-state index contributed by atoms with van der Waals surface area (Å²) in [6.45, 7) is 1.73. The van der Waals surface area contributed by atoms with Gasteiger partial charge in [0.25, 0.3) is 0 Å². The normalized spacial score (nSPS) is 12.1. The molecule has 2 rings (SSSR count). The lowest BCUT2D eigenvalue weighted by atomic mass is 10.1. The summed E-state index contributed by atoms with van der Waals surface area (Å²) in [5.41, 5.74) is 4.99. The van der Waals surface area contributed by atoms with Crippen LogP contribution < -0.4 is 21.7 Å². The van der Waals surface area contributed by atoms with Crippen LogP contribution in [-0.2, 0) is 15.7 Å². The van der Waals surface area contributed by atoms with Crippen molar-refractivity contribution in [2.45, 2.75) is 30.1 Å². The molecule has 0 aliphatic rings. The second-order valence-corrected chi connectivity index (χ2v) is 7.87. The maximum Gasteiger partial charge on any atom is 0.416 e. The van der Waals surface area contributed by atoms with Crippen molar-refractivity contribution < 1.29 is 22.7 Å². The Labute approximate surface area is 199 Å². The van der Waals surface area contributed by atoms with E-state index in [4.69, 9.17) is 10.5 Å². The van der Waals surface area contributed by atoms with Gasteiger partial charge in [-0.1, -0.05) is 6.07 Å². The molecule has 2 aromatic rings. The van der Waals surface area contributed by atoms with Crippen LogP contribution in [0.2, 0.25) is 0 Å². The average molecular weight is 498 g/mol. The molecule has 1 atom stereocenters. The smallest absolute Gasteiger partial charge is 0.383 e. The lowest BCUT2D eigenvalue weighted by molar-refractivity contribution is -0.137. The number of amides is 1. The molecule has 0 unspecified atom stereocenters. The highest BCUT2D eigenvalue weighted by Gasteiger charge is 2.31. The van der Waals surface area contributed by atoms with Crippen LogP contribution in [0.3, 0.4) is 0 Å². The van der Waals surface area contributed by atoms with Crippen LogP contribution in [0.25, 0.3) is 0 Å². The minimum absolute atomic E-state index is 0.00245. The van der Waals surface area contributed by atoms with E-state index in [0.29, 0.717) is 37.6 Å². The van der Waals surface area contributed by atoms with Crippen molar-refractivity contribution in [1.29, 1.82) is 5.26 Å². The van der Waals surface area contributed by atoms with Crippen LogP contribution in [-0.4, -0.2) is 55.0 Å². The van der Waals surface area contributed by atoms with Crippen molar-refractivity contribution >= 4 is 35.1 Å². The summed E-state index contributed by atoms with van der Waals surface area (Å²) in [4.78, 5) is 21.1. The lowest BCUT2D eigenvalue weighted by Gasteiger charge is -2.21. The highest BCUT2D eigenvalue weighted by atomic mass is 32.2. The average Bonchev–Trinajstić information content (AvgIpc) is 2.79. The fourth-order valence-corrected chi connectivity index (χ4v) is 3.51. The molecule has 0 radical (unpaired) electrons. The quantitative estimate of drug-likeness (QED) is 0.198. The van der Waals surface area contributed by atoms with E-state index in [1.165, 1.54) is 23.9 Å². The van der Waals surface area contributed by atoms with Gasteiger partial charge >= 0.3 is 6.18 Å². The molecule has 1 aromatic heterocycles. The van der Waals surface area contributed by atoms with E-state index in [1.807, 2.05) is 6.07 Å². The van der Waals surface area contributed by atoms with Crippen LogP contribution >= 0.6 is 11.8 Å². The Morgan fingerprint density at radius 3 is 2.74 bits per heavy atom. The van der Waals surface area contributed by atoms with Gasteiger partial charge in [-0.05, 0) is 43.8 Å². The summed E-state index contributed by atoms with van der Waals surface area (Å²) in [6.07, 6.45) is -1.97. The second kappa shape index (κ2) is 13.0. The number of nitrogens with two attached hydrogens (primary N) is 1. The van der Waals surface area contributed by atoms with E-state index in [1.54, 1.807) is 13.4 Å². The van der Waals surface area contributed by atoms with Gasteiger partial charge in [0.05, 0.1) is 12.2 Å². The Hall–Kier alpha value is -3.08. The van der Waals surface area contributed by atoms with Gasteiger partial charge in [-0.25, -0.2) is 4.98 Å². The van der Waals surface area contributed by atoms with Crippen LogP contribution in [0.5, 0.6) is 0 Å². The molecule has 1 amide bonds. The summed E-state index contributed by atoms with van der Waals surface area (Å²) >= 11 is 1.20. The number of anilines is 3. The first-order valence-electron chi connectivity index (χ1n) is 10.3. The van der Waals surface area contributed by atoms with E-state index in [9.17, 15) is 23.2 Å². The summed E-state index contributed by atoms with van der Waals surface area (Å²) in [5.74, 6) is -0.581. The lowest BCUT2D eigenvalue weighted by Crippen LogP contribution is -2.36. The number of nitrogens with one attached hydrogen (secondary N) is 3. The van der Waals surface area contributed by atoms with Crippen LogP contribution in [0.4, 0.5) is 30.6 Å². The minimum Gasteiger partial charge on any atom is -0.383 e. The topological polar surface area (TPSA) is 138 Å². The zero-order chi connectivity index (χ0) is 25.1. The number of hydrogen-bond donors (Lipinski definition) is 4. The molecule has 0 aliphatic heterocycles. The summed E-state index contributed by atoms with van der Waals surface area (Å²) in [6, 6.07) is 5.45. The number of nitriles is 1. The van der Waals surface area contributed by atoms with Crippen LogP contribution in [0, 0.1) is 11.3 Å². The first-order chi connectivity index (χ1) is 16.2. The van der Waals surface area contributed by atoms with Crippen molar-refractivity contribution in [1.82, 2.24) is 15.3 Å². The standard InChI is InChI=1S/C21H26F3N7O2S/c1-33-10-9-27-8-4-7-16(29-17-15(12-25)19(34-2)31-20(26)30-17)18(32)28-14-6-3-5-13(11-14)21(22,23)24/h3,5-6,11,16,27H,4,7-10H2,1-2H3,(H,28,32)(H3,26,29,30,31)/t16-/m0/s1. The Bertz CT molecular complexity index is 1010. The molecule has 0 aliphatic carbocycles. The third kappa shape index (κ3) is 8.05. The molecule has 0 saturated heterocycles. The number of benzene rings is 1. The number of methoxy groups -OCH3 is 1. The molecule has 0 bridgehead atoms. The van der Waals surface area contributed by atoms with Crippen molar-refractivity contribution in [3.05, 3.63) is 35.4 Å². The van der Waals surface area contributed by atoms with E-state index in [2.05, 4.69) is 25.9 Å². The fourth-order valence-electron chi connectivity index (χ4n) is 2.98. The van der Waals surface area contributed by atoms with Gasteiger partial charge in [-0.3, -0.25) is 4.79 Å². The Kier molecular flexibility index (Phi) is 10.4. The minimum atomic E-state index is -4.54. The molecule has 5 N–H and O–H groups in total. The number of carbonyl (C=O) groups excluding carboxylic acids is 1. The molecular formula is C21H26F3N7O2S. The number of rotatable bonds is 12. The van der Waals surface area contributed by atoms with Gasteiger partial charge < -0.3 is 26.4 Å². The van der Waals surface area contributed by atoms with E-state index >= 15 is 0 Å². The molecule has 0 fully saturated rings. The van der Waals surface area contributed by atoms with Crippen LogP contribution in [0.1, 0.15) is 24.0 Å². The molecular weight excluding hydrogens is 471 g/mol. The number of aromatic nitrogens is 2. The first-order valence-corrected chi connectivity index (χ1v) is 11.5. The van der Waals surface area contributed by atoms with Gasteiger partial charge in [0.1, 0.15) is 22.7 Å². The summed E-state index contributed by atoms with van der Waals surface area (Å²) in [5, 5.41) is 18.5. The summed E-state index contributed by atoms with van der Waals surface area (Å²) in [7, 11) is 1.59. The zero-order valence-electron chi connectivity index (χ0n) is 18.7. The Morgan fingerprint density at radius 2 is 2.09 bits per heavy atom. The number of thioether (sulfide) groups is 1. The van der Waals surface area contributed by atoms with Gasteiger partial charge in [0.15, 0.2) is 5.82 Å². The predicted molar refractivity (Wildman–Crippen MR) is 124 cm³/mol. The maximum atomic E-state index is 13.0. The van der Waals surface area contributed by atoms with Gasteiger partial charge in [0.2, 0.25) is 11.9 Å². The van der Waals surface area contributed by atoms with Crippen molar-refractivity contribution in [2.75, 3.05) is 49.4 Å². The molecule has 184 valence electrons. The molecule has 9 nitrogen and oxygen atoms in total. The fraction of sp³-hybridized carbons (Fsp3) is 0.429. The van der Waals surface area contributed by atoms with Gasteiger partial charge in [-0.15, -0.1) is 11.8 Å². The molecule has 34 heavy (non-hydrogen) atoms. The molecule has 1 heterocycles. The zero-order valence-corrected chi connectivity index (χ0v) is 19.5. The number of halogens is 3. The molecule has 13 heteroatoms. The number of carbonyl (C=O) groups is 1. The monoisotopic (exact) mass is 497 g/mol. The molecule has 0 spiro atoms. The Balaban J connectivity index is 2.23. The highest BCUT2D eigenvalue weighted by molar-refractivity contribution is 7.98. The van der Waals surface area contributed by atoms with E-state index in [-0.39, 0.29) is 23.0 Å². The van der Waals surface area contributed by atoms with Crippen molar-refractivity contribution in [3.63, 3.8) is 0 Å². The number of hydrogen-bond acceptors (Lipinski definition) is 9.